The van der Waals surface area contributed by atoms with E-state index in [1.165, 1.54) is 0 Å². The second kappa shape index (κ2) is 3.57. The number of anilines is 1. The maximum atomic E-state index is 11.8. The summed E-state index contributed by atoms with van der Waals surface area (Å²) >= 11 is 0. The van der Waals surface area contributed by atoms with Crippen molar-refractivity contribution in [1.29, 1.82) is 0 Å². The number of hydrogen-bond acceptors (Lipinski definition) is 2. The van der Waals surface area contributed by atoms with Crippen molar-refractivity contribution in [2.75, 3.05) is 11.6 Å². The Labute approximate surface area is 90.1 Å². The Morgan fingerprint density at radius 1 is 1.40 bits per heavy atom. The average Bonchev–Trinajstić information content (AvgIpc) is 2.58. The fraction of sp³-hybridized carbons (Fsp3) is 0.417. The standard InChI is InChI=1S/C12H16N2O/c1-3-12(2)11(15)13-9-14(12)10-7-5-4-6-8-10/h4-8H,3,9H2,1-2H3,(H,13,15). The van der Waals surface area contributed by atoms with Crippen LogP contribution in [0, 0.1) is 0 Å². The van der Waals surface area contributed by atoms with Gasteiger partial charge in [-0.25, -0.2) is 0 Å². The molecule has 2 rings (SSSR count). The molecule has 3 heteroatoms. The van der Waals surface area contributed by atoms with Gasteiger partial charge in [-0.05, 0) is 25.5 Å². The number of nitrogens with zero attached hydrogens (tertiary/aromatic N) is 1. The smallest absolute Gasteiger partial charge is 0.247 e. The molecule has 0 radical (unpaired) electrons. The maximum Gasteiger partial charge on any atom is 0.247 e. The van der Waals surface area contributed by atoms with Crippen molar-refractivity contribution in [2.45, 2.75) is 25.8 Å². The first-order valence-electron chi connectivity index (χ1n) is 5.29. The van der Waals surface area contributed by atoms with Crippen molar-refractivity contribution in [2.24, 2.45) is 0 Å². The number of rotatable bonds is 2. The zero-order chi connectivity index (χ0) is 10.9. The van der Waals surface area contributed by atoms with Gasteiger partial charge < -0.3 is 10.2 Å². The molecule has 80 valence electrons. The summed E-state index contributed by atoms with van der Waals surface area (Å²) in [5, 5.41) is 2.90. The Kier molecular flexibility index (Phi) is 2.39. The molecule has 0 bridgehead atoms. The molecule has 1 aliphatic rings. The molecule has 1 atom stereocenters. The molecule has 0 saturated carbocycles. The van der Waals surface area contributed by atoms with Gasteiger partial charge in [0.15, 0.2) is 0 Å². The molecule has 0 aliphatic carbocycles. The molecule has 15 heavy (non-hydrogen) atoms. The minimum absolute atomic E-state index is 0.119. The predicted octanol–water partition coefficient (Wildman–Crippen LogP) is 1.75. The largest absolute Gasteiger partial charge is 0.339 e. The van der Waals surface area contributed by atoms with E-state index in [4.69, 9.17) is 0 Å². The molecule has 1 N–H and O–H groups in total. The molecule has 1 aromatic carbocycles. The number of carbonyl (C=O) groups is 1. The highest BCUT2D eigenvalue weighted by atomic mass is 16.2. The van der Waals surface area contributed by atoms with E-state index in [1.54, 1.807) is 0 Å². The fourth-order valence-electron chi connectivity index (χ4n) is 1.97. The second-order valence-electron chi connectivity index (χ2n) is 4.06. The first-order chi connectivity index (χ1) is 7.18. The van der Waals surface area contributed by atoms with Gasteiger partial charge >= 0.3 is 0 Å². The number of benzene rings is 1. The van der Waals surface area contributed by atoms with Crippen molar-refractivity contribution < 1.29 is 4.79 Å². The van der Waals surface area contributed by atoms with Crippen LogP contribution in [-0.4, -0.2) is 18.1 Å². The molecular weight excluding hydrogens is 188 g/mol. The van der Waals surface area contributed by atoms with E-state index in [1.807, 2.05) is 44.2 Å². The summed E-state index contributed by atoms with van der Waals surface area (Å²) in [4.78, 5) is 13.9. The molecule has 1 unspecified atom stereocenters. The lowest BCUT2D eigenvalue weighted by Crippen LogP contribution is -2.45. The lowest BCUT2D eigenvalue weighted by molar-refractivity contribution is -0.123. The number of para-hydroxylation sites is 1. The van der Waals surface area contributed by atoms with Gasteiger partial charge in [-0.1, -0.05) is 25.1 Å². The minimum Gasteiger partial charge on any atom is -0.339 e. The highest BCUT2D eigenvalue weighted by Gasteiger charge is 2.42. The summed E-state index contributed by atoms with van der Waals surface area (Å²) in [6.45, 7) is 4.64. The molecule has 1 fully saturated rings. The first kappa shape index (κ1) is 10.0. The van der Waals surface area contributed by atoms with E-state index in [-0.39, 0.29) is 5.91 Å². The van der Waals surface area contributed by atoms with Crippen molar-refractivity contribution in [1.82, 2.24) is 5.32 Å². The Morgan fingerprint density at radius 3 is 2.67 bits per heavy atom. The normalized spacial score (nSPS) is 25.5. The van der Waals surface area contributed by atoms with Gasteiger partial charge in [0.1, 0.15) is 5.54 Å². The number of hydrogen-bond donors (Lipinski definition) is 1. The molecular formula is C12H16N2O. The third-order valence-electron chi connectivity index (χ3n) is 3.24. The lowest BCUT2D eigenvalue weighted by atomic mass is 9.97. The zero-order valence-corrected chi connectivity index (χ0v) is 9.16. The average molecular weight is 204 g/mol. The summed E-state index contributed by atoms with van der Waals surface area (Å²) in [6, 6.07) is 10.0. The van der Waals surface area contributed by atoms with Gasteiger partial charge in [-0.15, -0.1) is 0 Å². The predicted molar refractivity (Wildman–Crippen MR) is 60.6 cm³/mol. The third kappa shape index (κ3) is 1.48. The molecule has 1 aliphatic heterocycles. The fourth-order valence-corrected chi connectivity index (χ4v) is 1.97. The third-order valence-corrected chi connectivity index (χ3v) is 3.24. The van der Waals surface area contributed by atoms with Gasteiger partial charge in [0, 0.05) is 5.69 Å². The van der Waals surface area contributed by atoms with Crippen molar-refractivity contribution >= 4 is 11.6 Å². The summed E-state index contributed by atoms with van der Waals surface area (Å²) in [5.74, 6) is 0.119. The van der Waals surface area contributed by atoms with Crippen LogP contribution in [0.4, 0.5) is 5.69 Å². The van der Waals surface area contributed by atoms with Gasteiger partial charge in [-0.2, -0.15) is 0 Å². The molecule has 0 aromatic heterocycles. The summed E-state index contributed by atoms with van der Waals surface area (Å²) < 4.78 is 0. The minimum atomic E-state index is -0.401. The van der Waals surface area contributed by atoms with E-state index in [2.05, 4.69) is 10.2 Å². The Morgan fingerprint density at radius 2 is 2.07 bits per heavy atom. The van der Waals surface area contributed by atoms with Crippen LogP contribution in [0.15, 0.2) is 30.3 Å². The van der Waals surface area contributed by atoms with Crippen LogP contribution in [0.1, 0.15) is 20.3 Å². The summed E-state index contributed by atoms with van der Waals surface area (Å²) in [5.41, 5.74) is 0.696. The van der Waals surface area contributed by atoms with E-state index in [9.17, 15) is 4.79 Å². The second-order valence-corrected chi connectivity index (χ2v) is 4.06. The van der Waals surface area contributed by atoms with Crippen LogP contribution in [0.2, 0.25) is 0 Å². The molecule has 1 aromatic rings. The summed E-state index contributed by atoms with van der Waals surface area (Å²) in [6.07, 6.45) is 0.813. The Hall–Kier alpha value is -1.51. The molecule has 1 amide bonds. The quantitative estimate of drug-likeness (QED) is 0.796. The summed E-state index contributed by atoms with van der Waals surface area (Å²) in [7, 11) is 0. The van der Waals surface area contributed by atoms with Crippen molar-refractivity contribution in [3.8, 4) is 0 Å². The van der Waals surface area contributed by atoms with Crippen LogP contribution in [0.5, 0.6) is 0 Å². The molecule has 0 spiro atoms. The molecule has 1 heterocycles. The highest BCUT2D eigenvalue weighted by Crippen LogP contribution is 2.29. The maximum absolute atomic E-state index is 11.8. The van der Waals surface area contributed by atoms with Crippen LogP contribution in [0.25, 0.3) is 0 Å². The van der Waals surface area contributed by atoms with E-state index >= 15 is 0 Å². The van der Waals surface area contributed by atoms with E-state index in [0.717, 1.165) is 12.1 Å². The van der Waals surface area contributed by atoms with Gasteiger partial charge in [0.05, 0.1) is 6.67 Å². The van der Waals surface area contributed by atoms with Crippen molar-refractivity contribution in [3.63, 3.8) is 0 Å². The van der Waals surface area contributed by atoms with E-state index in [0.29, 0.717) is 6.67 Å². The molecule has 3 nitrogen and oxygen atoms in total. The van der Waals surface area contributed by atoms with Crippen LogP contribution in [-0.2, 0) is 4.79 Å². The van der Waals surface area contributed by atoms with E-state index < -0.39 is 5.54 Å². The molecule has 1 saturated heterocycles. The van der Waals surface area contributed by atoms with Gasteiger partial charge in [0.2, 0.25) is 5.91 Å². The van der Waals surface area contributed by atoms with Gasteiger partial charge in [-0.3, -0.25) is 4.79 Å². The SMILES string of the molecule is CCC1(C)C(=O)NCN1c1ccccc1. The van der Waals surface area contributed by atoms with Crippen molar-refractivity contribution in [3.05, 3.63) is 30.3 Å². The zero-order valence-electron chi connectivity index (χ0n) is 9.16. The number of carbonyl (C=O) groups excluding carboxylic acids is 1. The van der Waals surface area contributed by atoms with Crippen LogP contribution < -0.4 is 10.2 Å². The monoisotopic (exact) mass is 204 g/mol. The Balaban J connectivity index is 2.35. The van der Waals surface area contributed by atoms with Crippen LogP contribution >= 0.6 is 0 Å². The topological polar surface area (TPSA) is 32.3 Å². The first-order valence-corrected chi connectivity index (χ1v) is 5.29. The Bertz CT molecular complexity index is 363. The van der Waals surface area contributed by atoms with Crippen LogP contribution in [0.3, 0.4) is 0 Å². The highest BCUT2D eigenvalue weighted by molar-refractivity contribution is 5.92. The lowest BCUT2D eigenvalue weighted by Gasteiger charge is -2.32. The van der Waals surface area contributed by atoms with Gasteiger partial charge in [0.25, 0.3) is 0 Å². The number of amides is 1. The number of nitrogens with one attached hydrogen (secondary N) is 1.